The Bertz CT molecular complexity index is 1050. The van der Waals surface area contributed by atoms with Gasteiger partial charge < -0.3 is 14.2 Å². The molecule has 4 bridgehead atoms. The molecule has 0 aliphatic carbocycles. The Hall–Kier alpha value is -2.08. The predicted molar refractivity (Wildman–Crippen MR) is 130 cm³/mol. The normalized spacial score (nSPS) is 37.4. The Kier molecular flexibility index (Phi) is 8.81. The minimum Gasteiger partial charge on any atom is -0.380 e. The van der Waals surface area contributed by atoms with Crippen LogP contribution in [0.15, 0.2) is 30.3 Å². The lowest BCUT2D eigenvalue weighted by molar-refractivity contribution is -0.538. The minimum atomic E-state index is -4.96. The van der Waals surface area contributed by atoms with Crippen LogP contribution in [0, 0.1) is 16.0 Å². The van der Waals surface area contributed by atoms with E-state index in [-0.39, 0.29) is 19.6 Å². The number of nitro groups is 1. The maximum atomic E-state index is 14.9. The number of piperidine rings is 1. The summed E-state index contributed by atoms with van der Waals surface area (Å²) < 4.78 is 104. The van der Waals surface area contributed by atoms with Crippen molar-refractivity contribution in [2.24, 2.45) is 5.92 Å². The largest absolute Gasteiger partial charge is 0.421 e. The third-order valence-electron chi connectivity index (χ3n) is 8.48. The second-order valence-electron chi connectivity index (χ2n) is 11.0. The number of hydrogen-bond acceptors (Lipinski definition) is 9. The number of hydrazine groups is 1. The summed E-state index contributed by atoms with van der Waals surface area (Å²) in [5, 5.41) is 14.8. The second kappa shape index (κ2) is 11.9. The molecule has 4 aliphatic heterocycles. The van der Waals surface area contributed by atoms with Gasteiger partial charge in [0, 0.05) is 30.5 Å². The average Bonchev–Trinajstić information content (AvgIpc) is 3.59. The zero-order chi connectivity index (χ0) is 29.4. The van der Waals surface area contributed by atoms with E-state index in [1.54, 1.807) is 35.2 Å². The Morgan fingerprint density at radius 3 is 2.56 bits per heavy atom. The molecule has 7 unspecified atom stereocenters. The van der Waals surface area contributed by atoms with Crippen molar-refractivity contribution in [3.8, 4) is 0 Å². The molecule has 4 saturated heterocycles. The molecule has 0 amide bonds. The molecule has 4 fully saturated rings. The smallest absolute Gasteiger partial charge is 0.380 e. The number of halogens is 6. The van der Waals surface area contributed by atoms with E-state index < -0.39 is 85.0 Å². The highest BCUT2D eigenvalue weighted by Gasteiger charge is 2.65. The molecule has 8 atom stereocenters. The molecule has 1 aromatic carbocycles. The molecule has 5 rings (SSSR count). The van der Waals surface area contributed by atoms with Crippen molar-refractivity contribution in [2.45, 2.75) is 93.4 Å². The summed E-state index contributed by atoms with van der Waals surface area (Å²) in [7, 11) is 0. The Morgan fingerprint density at radius 1 is 1.12 bits per heavy atom. The van der Waals surface area contributed by atoms with Crippen LogP contribution in [0.5, 0.6) is 0 Å². The zero-order valence-electron chi connectivity index (χ0n) is 22.0. The van der Waals surface area contributed by atoms with Crippen molar-refractivity contribution >= 4 is 0 Å². The van der Waals surface area contributed by atoms with Crippen LogP contribution in [0.3, 0.4) is 0 Å². The number of nitrogens with one attached hydrogen (secondary N) is 3. The van der Waals surface area contributed by atoms with Crippen molar-refractivity contribution in [2.75, 3.05) is 19.8 Å². The monoisotopic (exact) mass is 597 g/mol. The number of fused-ring (bicyclic) bond motifs is 7. The fourth-order valence-corrected chi connectivity index (χ4v) is 6.38. The number of rotatable bonds is 4. The highest BCUT2D eigenvalue weighted by molar-refractivity contribution is 5.14. The second-order valence-corrected chi connectivity index (χ2v) is 11.0. The van der Waals surface area contributed by atoms with Gasteiger partial charge in [-0.15, -0.1) is 0 Å². The van der Waals surface area contributed by atoms with Gasteiger partial charge in [-0.1, -0.05) is 30.3 Å². The van der Waals surface area contributed by atoms with E-state index in [0.29, 0.717) is 24.9 Å². The predicted octanol–water partition coefficient (Wildman–Crippen LogP) is 3.07. The van der Waals surface area contributed by atoms with Crippen LogP contribution in [0.25, 0.3) is 0 Å². The number of benzene rings is 1. The van der Waals surface area contributed by atoms with Gasteiger partial charge in [0.1, 0.15) is 12.3 Å². The molecule has 1 aromatic rings. The zero-order valence-corrected chi connectivity index (χ0v) is 22.0. The van der Waals surface area contributed by atoms with Crippen molar-refractivity contribution in [1.29, 1.82) is 0 Å². The first-order valence-corrected chi connectivity index (χ1v) is 13.6. The maximum Gasteiger partial charge on any atom is 0.421 e. The molecule has 16 heteroatoms. The van der Waals surface area contributed by atoms with Gasteiger partial charge in [0.2, 0.25) is 11.6 Å². The Balaban J connectivity index is 1.49. The van der Waals surface area contributed by atoms with Gasteiger partial charge in [0.05, 0.1) is 25.3 Å². The van der Waals surface area contributed by atoms with Crippen LogP contribution in [0.2, 0.25) is 0 Å². The summed E-state index contributed by atoms with van der Waals surface area (Å²) in [6, 6.07) is 4.65. The van der Waals surface area contributed by atoms with Crippen LogP contribution in [0.1, 0.15) is 37.7 Å². The topological polar surface area (TPSA) is 110 Å². The highest BCUT2D eigenvalue weighted by Crippen LogP contribution is 2.44. The van der Waals surface area contributed by atoms with E-state index in [9.17, 15) is 36.5 Å². The van der Waals surface area contributed by atoms with Crippen LogP contribution < -0.4 is 16.2 Å². The molecule has 4 heterocycles. The Labute approximate surface area is 232 Å². The van der Waals surface area contributed by atoms with Crippen LogP contribution in [0.4, 0.5) is 26.3 Å². The summed E-state index contributed by atoms with van der Waals surface area (Å²) in [5.41, 5.74) is 2.60. The van der Waals surface area contributed by atoms with Gasteiger partial charge in [-0.25, -0.2) is 10.9 Å². The molecule has 0 saturated carbocycles. The van der Waals surface area contributed by atoms with E-state index >= 15 is 0 Å². The lowest BCUT2D eigenvalue weighted by Crippen LogP contribution is -2.70. The van der Waals surface area contributed by atoms with E-state index in [0.717, 1.165) is 0 Å². The molecule has 4 aliphatic rings. The van der Waals surface area contributed by atoms with E-state index in [2.05, 4.69) is 16.2 Å². The number of alkyl halides is 6. The van der Waals surface area contributed by atoms with Gasteiger partial charge in [0.25, 0.3) is 0 Å². The van der Waals surface area contributed by atoms with Crippen LogP contribution in [-0.2, 0) is 20.8 Å². The SMILES string of the molecule is O=[N+]([O-])C1CC(C(F)(F)F)C2NC1C1NNC(O1)C(OCc1ccccc1)(C(F)(F)F)CCCOC[C@@H]1CCCN21. The molecule has 10 nitrogen and oxygen atoms in total. The van der Waals surface area contributed by atoms with Crippen LogP contribution in [-0.4, -0.2) is 84.3 Å². The summed E-state index contributed by atoms with van der Waals surface area (Å²) in [6.07, 6.45) is -14.7. The number of hydrogen-bond donors (Lipinski definition) is 3. The molecular weight excluding hydrogens is 564 g/mol. The summed E-state index contributed by atoms with van der Waals surface area (Å²) in [6.45, 7) is -0.138. The molecule has 0 spiro atoms. The molecular formula is C25H33F6N5O5. The van der Waals surface area contributed by atoms with Crippen molar-refractivity contribution in [3.05, 3.63) is 46.0 Å². The lowest BCUT2D eigenvalue weighted by Gasteiger charge is -2.46. The average molecular weight is 598 g/mol. The molecule has 3 N–H and O–H groups in total. The fourth-order valence-electron chi connectivity index (χ4n) is 6.38. The van der Waals surface area contributed by atoms with Crippen molar-refractivity contribution in [1.82, 2.24) is 21.1 Å². The van der Waals surface area contributed by atoms with Gasteiger partial charge in [-0.2, -0.15) is 26.3 Å². The third kappa shape index (κ3) is 6.19. The maximum absolute atomic E-state index is 14.9. The van der Waals surface area contributed by atoms with Crippen molar-refractivity contribution < 1.29 is 45.5 Å². The van der Waals surface area contributed by atoms with Gasteiger partial charge in [0.15, 0.2) is 6.23 Å². The quantitative estimate of drug-likeness (QED) is 0.274. The summed E-state index contributed by atoms with van der Waals surface area (Å²) in [5.74, 6) is -2.07. The molecule has 0 aromatic heterocycles. The molecule has 230 valence electrons. The fraction of sp³-hybridized carbons (Fsp3) is 0.760. The van der Waals surface area contributed by atoms with Gasteiger partial charge >= 0.3 is 12.4 Å². The first-order chi connectivity index (χ1) is 19.4. The lowest BCUT2D eigenvalue weighted by atomic mass is 9.85. The standard InChI is InChI=1S/C25H33F6N5O5/c26-24(27,28)17-12-18(36(37)38)19-21-33-34-22(41-21)23(25(29,30)31,40-13-15-6-2-1-3-7-15)9-5-11-39-14-16-8-4-10-35(16)20(17)32-19/h1-3,6-7,16-22,32-34H,4-5,8-14H2/t16-,17?,18?,19?,20?,21?,22?,23?/m0/s1. The van der Waals surface area contributed by atoms with E-state index in [1.165, 1.54) is 0 Å². The number of ether oxygens (including phenoxy) is 3. The number of nitrogens with zero attached hydrogens (tertiary/aromatic N) is 2. The summed E-state index contributed by atoms with van der Waals surface area (Å²) in [4.78, 5) is 12.8. The molecule has 41 heavy (non-hydrogen) atoms. The first-order valence-electron chi connectivity index (χ1n) is 13.6. The molecule has 0 radical (unpaired) electrons. The van der Waals surface area contributed by atoms with Gasteiger partial charge in [-0.05, 0) is 31.2 Å². The van der Waals surface area contributed by atoms with Crippen molar-refractivity contribution in [3.63, 3.8) is 0 Å². The van der Waals surface area contributed by atoms with E-state index in [4.69, 9.17) is 14.2 Å². The van der Waals surface area contributed by atoms with E-state index in [1.807, 2.05) is 0 Å². The Morgan fingerprint density at radius 2 is 1.88 bits per heavy atom. The summed E-state index contributed by atoms with van der Waals surface area (Å²) >= 11 is 0. The van der Waals surface area contributed by atoms with Gasteiger partial charge in [-0.3, -0.25) is 20.3 Å². The highest BCUT2D eigenvalue weighted by atomic mass is 19.4. The first kappa shape index (κ1) is 30.4. The van der Waals surface area contributed by atoms with Crippen LogP contribution >= 0.6 is 0 Å². The third-order valence-corrected chi connectivity index (χ3v) is 8.48. The minimum absolute atomic E-state index is 0.0236.